The van der Waals surface area contributed by atoms with Crippen molar-refractivity contribution < 1.29 is 18.0 Å². The summed E-state index contributed by atoms with van der Waals surface area (Å²) in [7, 11) is -2.16. The van der Waals surface area contributed by atoms with Crippen LogP contribution in [0.5, 0.6) is 0 Å². The molecule has 0 aliphatic heterocycles. The van der Waals surface area contributed by atoms with Crippen molar-refractivity contribution in [3.63, 3.8) is 0 Å². The van der Waals surface area contributed by atoms with Crippen LogP contribution >= 0.6 is 0 Å². The lowest BCUT2D eigenvalue weighted by molar-refractivity contribution is -0.133. The molecule has 0 aromatic heterocycles. The molecule has 2 rings (SSSR count). The second-order valence-corrected chi connectivity index (χ2v) is 8.84. The zero-order valence-electron chi connectivity index (χ0n) is 17.2. The van der Waals surface area contributed by atoms with Gasteiger partial charge in [0.05, 0.1) is 11.4 Å². The van der Waals surface area contributed by atoms with Crippen LogP contribution in [-0.2, 0) is 19.6 Å². The lowest BCUT2D eigenvalue weighted by Crippen LogP contribution is -2.37. The van der Waals surface area contributed by atoms with E-state index in [2.05, 4.69) is 10.0 Å². The summed E-state index contributed by atoms with van der Waals surface area (Å²) >= 11 is 0. The molecule has 8 heteroatoms. The average molecular weight is 418 g/mol. The first-order chi connectivity index (χ1) is 13.6. The zero-order chi connectivity index (χ0) is 21.6. The smallest absolute Gasteiger partial charge is 0.243 e. The summed E-state index contributed by atoms with van der Waals surface area (Å²) in [6.07, 6.45) is -0.0433. The van der Waals surface area contributed by atoms with E-state index >= 15 is 0 Å². The number of rotatable bonds is 8. The first kappa shape index (κ1) is 22.6. The summed E-state index contributed by atoms with van der Waals surface area (Å²) in [6.45, 7) is 5.54. The highest BCUT2D eigenvalue weighted by Gasteiger charge is 2.17. The minimum Gasteiger partial charge on any atom is -0.336 e. The molecule has 0 spiro atoms. The largest absolute Gasteiger partial charge is 0.336 e. The molecule has 0 aliphatic carbocycles. The normalized spacial score (nSPS) is 11.2. The lowest BCUT2D eigenvalue weighted by Gasteiger charge is -2.18. The van der Waals surface area contributed by atoms with Crippen molar-refractivity contribution >= 4 is 27.5 Å². The Bertz CT molecular complexity index is 985. The molecule has 2 N–H and O–H groups in total. The molecule has 0 saturated carbocycles. The SMILES string of the molecule is Cc1ccc(S(=O)(=O)NCCC(=O)N(C)CC(=O)Nc2cc(C)ccc2C)cc1. The average Bonchev–Trinajstić information content (AvgIpc) is 2.64. The molecule has 0 fully saturated rings. The molecule has 0 aliphatic rings. The van der Waals surface area contributed by atoms with E-state index in [1.54, 1.807) is 12.1 Å². The number of carbonyl (C=O) groups is 2. The maximum atomic E-state index is 12.2. The fourth-order valence-electron chi connectivity index (χ4n) is 2.65. The van der Waals surface area contributed by atoms with Gasteiger partial charge in [0.1, 0.15) is 0 Å². The molecule has 0 heterocycles. The lowest BCUT2D eigenvalue weighted by atomic mass is 10.1. The Balaban J connectivity index is 1.83. The zero-order valence-corrected chi connectivity index (χ0v) is 18.0. The number of hydrogen-bond acceptors (Lipinski definition) is 4. The Kier molecular flexibility index (Phi) is 7.53. The van der Waals surface area contributed by atoms with Gasteiger partial charge in [-0.3, -0.25) is 9.59 Å². The third-order valence-corrected chi connectivity index (χ3v) is 5.91. The van der Waals surface area contributed by atoms with E-state index in [1.165, 1.54) is 24.1 Å². The molecule has 0 bridgehead atoms. The van der Waals surface area contributed by atoms with Gasteiger partial charge in [-0.05, 0) is 50.1 Å². The fraction of sp³-hybridized carbons (Fsp3) is 0.333. The van der Waals surface area contributed by atoms with Gasteiger partial charge >= 0.3 is 0 Å². The molecule has 0 atom stereocenters. The standard InChI is InChI=1S/C21H27N3O4S/c1-15-6-9-18(10-7-15)29(27,28)22-12-11-21(26)24(4)14-20(25)23-19-13-16(2)5-8-17(19)3/h5-10,13,22H,11-12,14H2,1-4H3,(H,23,25). The second kappa shape index (κ2) is 9.67. The maximum Gasteiger partial charge on any atom is 0.243 e. The number of aryl methyl sites for hydroxylation is 3. The van der Waals surface area contributed by atoms with Gasteiger partial charge in [-0.1, -0.05) is 29.8 Å². The third-order valence-electron chi connectivity index (χ3n) is 4.44. The van der Waals surface area contributed by atoms with Crippen LogP contribution in [0, 0.1) is 20.8 Å². The van der Waals surface area contributed by atoms with E-state index in [1.807, 2.05) is 39.0 Å². The highest BCUT2D eigenvalue weighted by Crippen LogP contribution is 2.16. The molecule has 2 aromatic rings. The van der Waals surface area contributed by atoms with Gasteiger partial charge in [0.25, 0.3) is 0 Å². The summed E-state index contributed by atoms with van der Waals surface area (Å²) < 4.78 is 26.9. The minimum absolute atomic E-state index is 0.0433. The molecular weight excluding hydrogens is 390 g/mol. The molecule has 2 aromatic carbocycles. The van der Waals surface area contributed by atoms with Crippen LogP contribution in [0.4, 0.5) is 5.69 Å². The monoisotopic (exact) mass is 417 g/mol. The highest BCUT2D eigenvalue weighted by atomic mass is 32.2. The molecule has 156 valence electrons. The van der Waals surface area contributed by atoms with Crippen molar-refractivity contribution in [2.75, 3.05) is 25.5 Å². The van der Waals surface area contributed by atoms with Gasteiger partial charge < -0.3 is 10.2 Å². The van der Waals surface area contributed by atoms with Crippen molar-refractivity contribution in [3.8, 4) is 0 Å². The number of benzene rings is 2. The third kappa shape index (κ3) is 6.69. The number of likely N-dealkylation sites (N-methyl/N-ethyl adjacent to an activating group) is 1. The topological polar surface area (TPSA) is 95.6 Å². The van der Waals surface area contributed by atoms with Crippen LogP contribution in [-0.4, -0.2) is 45.3 Å². The number of hydrogen-bond donors (Lipinski definition) is 2. The Hall–Kier alpha value is -2.71. The summed E-state index contributed by atoms with van der Waals surface area (Å²) in [5.74, 6) is -0.637. The number of carbonyl (C=O) groups excluding carboxylic acids is 2. The van der Waals surface area contributed by atoms with Crippen LogP contribution in [0.3, 0.4) is 0 Å². The van der Waals surface area contributed by atoms with Gasteiger partial charge in [0.15, 0.2) is 0 Å². The van der Waals surface area contributed by atoms with Crippen LogP contribution in [0.2, 0.25) is 0 Å². The van der Waals surface area contributed by atoms with Crippen LogP contribution < -0.4 is 10.0 Å². The van der Waals surface area contributed by atoms with E-state index in [0.717, 1.165) is 16.7 Å². The predicted molar refractivity (Wildman–Crippen MR) is 113 cm³/mol. The van der Waals surface area contributed by atoms with Gasteiger partial charge in [-0.15, -0.1) is 0 Å². The van der Waals surface area contributed by atoms with Gasteiger partial charge in [0, 0.05) is 25.7 Å². The number of amides is 2. The number of nitrogens with one attached hydrogen (secondary N) is 2. The number of sulfonamides is 1. The summed E-state index contributed by atoms with van der Waals surface area (Å²) in [5.41, 5.74) is 3.63. The van der Waals surface area contributed by atoms with Crippen LogP contribution in [0.15, 0.2) is 47.4 Å². The van der Waals surface area contributed by atoms with Crippen molar-refractivity contribution in [3.05, 3.63) is 59.2 Å². The number of nitrogens with zero attached hydrogens (tertiary/aromatic N) is 1. The molecule has 0 saturated heterocycles. The van der Waals surface area contributed by atoms with Crippen LogP contribution in [0.25, 0.3) is 0 Å². The molecule has 0 unspecified atom stereocenters. The quantitative estimate of drug-likeness (QED) is 0.689. The van der Waals surface area contributed by atoms with E-state index in [9.17, 15) is 18.0 Å². The number of anilines is 1. The van der Waals surface area contributed by atoms with Gasteiger partial charge in [-0.2, -0.15) is 0 Å². The van der Waals surface area contributed by atoms with Crippen molar-refractivity contribution in [1.29, 1.82) is 0 Å². The Morgan fingerprint density at radius 3 is 2.24 bits per heavy atom. The van der Waals surface area contributed by atoms with Crippen molar-refractivity contribution in [1.82, 2.24) is 9.62 Å². The molecular formula is C21H27N3O4S. The minimum atomic E-state index is -3.67. The van der Waals surface area contributed by atoms with E-state index in [4.69, 9.17) is 0 Å². The first-order valence-corrected chi connectivity index (χ1v) is 10.7. The molecule has 7 nitrogen and oxygen atoms in total. The van der Waals surface area contributed by atoms with Crippen LogP contribution in [0.1, 0.15) is 23.1 Å². The summed E-state index contributed by atoms with van der Waals surface area (Å²) in [4.78, 5) is 25.9. The maximum absolute atomic E-state index is 12.2. The first-order valence-electron chi connectivity index (χ1n) is 9.26. The van der Waals surface area contributed by atoms with E-state index in [-0.39, 0.29) is 36.2 Å². The Morgan fingerprint density at radius 2 is 1.59 bits per heavy atom. The molecule has 29 heavy (non-hydrogen) atoms. The van der Waals surface area contributed by atoms with Gasteiger partial charge in [0.2, 0.25) is 21.8 Å². The highest BCUT2D eigenvalue weighted by molar-refractivity contribution is 7.89. The summed E-state index contributed by atoms with van der Waals surface area (Å²) in [5, 5.41) is 2.80. The molecule has 2 amide bonds. The van der Waals surface area contributed by atoms with Crippen molar-refractivity contribution in [2.24, 2.45) is 0 Å². The predicted octanol–water partition coefficient (Wildman–Crippen LogP) is 2.38. The Morgan fingerprint density at radius 1 is 0.966 bits per heavy atom. The molecule has 0 radical (unpaired) electrons. The van der Waals surface area contributed by atoms with Crippen molar-refractivity contribution in [2.45, 2.75) is 32.1 Å². The van der Waals surface area contributed by atoms with Gasteiger partial charge in [-0.25, -0.2) is 13.1 Å². The van der Waals surface area contributed by atoms with E-state index in [0.29, 0.717) is 5.69 Å². The summed E-state index contributed by atoms with van der Waals surface area (Å²) in [6, 6.07) is 12.2. The fourth-order valence-corrected chi connectivity index (χ4v) is 3.68. The Labute approximate surface area is 172 Å². The van der Waals surface area contributed by atoms with E-state index < -0.39 is 10.0 Å². The second-order valence-electron chi connectivity index (χ2n) is 7.08.